The summed E-state index contributed by atoms with van der Waals surface area (Å²) in [5, 5.41) is 13.9. The maximum atomic E-state index is 13.6. The van der Waals surface area contributed by atoms with Gasteiger partial charge < -0.3 is 24.3 Å². The molecule has 0 saturated carbocycles. The molecule has 4 aromatic heterocycles. The number of nitrogens with one attached hydrogen (secondary N) is 1. The zero-order chi connectivity index (χ0) is 43.9. The number of anilines is 1. The fourth-order valence-corrected chi connectivity index (χ4v) is 9.12. The van der Waals surface area contributed by atoms with Crippen LogP contribution in [0.4, 0.5) is 5.82 Å². The van der Waals surface area contributed by atoms with Gasteiger partial charge in [0.25, 0.3) is 0 Å². The molecule has 8 rings (SSSR count). The number of fused-ring (bicyclic) bond motifs is 4. The first-order valence-electron chi connectivity index (χ1n) is 21.1. The van der Waals surface area contributed by atoms with Crippen LogP contribution in [0.25, 0.3) is 16.1 Å². The van der Waals surface area contributed by atoms with Gasteiger partial charge in [0.15, 0.2) is 5.82 Å². The first-order valence-corrected chi connectivity index (χ1v) is 22.3. The van der Waals surface area contributed by atoms with Crippen molar-refractivity contribution in [2.75, 3.05) is 58.1 Å². The van der Waals surface area contributed by atoms with Crippen molar-refractivity contribution in [3.8, 4) is 21.9 Å². The first kappa shape index (κ1) is 46.7. The summed E-state index contributed by atoms with van der Waals surface area (Å²) in [7, 11) is 0. The number of pyridine rings is 2. The van der Waals surface area contributed by atoms with E-state index in [2.05, 4.69) is 50.0 Å². The van der Waals surface area contributed by atoms with E-state index >= 15 is 0 Å². The Kier molecular flexibility index (Phi) is 15.8. The van der Waals surface area contributed by atoms with E-state index in [9.17, 15) is 9.59 Å². The van der Waals surface area contributed by atoms with Gasteiger partial charge in [-0.1, -0.05) is 35.9 Å². The molecule has 2 aromatic carbocycles. The summed E-state index contributed by atoms with van der Waals surface area (Å²) in [5.41, 5.74) is 9.80. The summed E-state index contributed by atoms with van der Waals surface area (Å²) < 4.78 is 24.9. The van der Waals surface area contributed by atoms with Crippen LogP contribution in [0.3, 0.4) is 0 Å². The molecule has 0 spiro atoms. The number of aryl methyl sites for hydroxylation is 3. The van der Waals surface area contributed by atoms with Crippen LogP contribution >= 0.6 is 36.4 Å². The van der Waals surface area contributed by atoms with Crippen molar-refractivity contribution in [2.24, 2.45) is 4.99 Å². The van der Waals surface area contributed by atoms with Crippen molar-refractivity contribution in [1.29, 1.82) is 0 Å². The Morgan fingerprint density at radius 3 is 2.30 bits per heavy atom. The molecule has 2 aliphatic rings. The number of aliphatic imine (C=N–C) groups is 1. The molecule has 13 nitrogen and oxygen atoms in total. The molecule has 0 unspecified atom stereocenters. The van der Waals surface area contributed by atoms with Crippen LogP contribution in [-0.2, 0) is 43.1 Å². The second-order valence-corrected chi connectivity index (χ2v) is 17.3. The van der Waals surface area contributed by atoms with Crippen LogP contribution in [0, 0.1) is 27.7 Å². The van der Waals surface area contributed by atoms with Gasteiger partial charge in [-0.25, -0.2) is 4.98 Å². The molecule has 1 aliphatic carbocycles. The van der Waals surface area contributed by atoms with Crippen LogP contribution in [0.5, 0.6) is 5.75 Å². The maximum absolute atomic E-state index is 13.6. The van der Waals surface area contributed by atoms with Gasteiger partial charge in [-0.3, -0.25) is 24.1 Å². The molecule has 1 N–H and O–H groups in total. The van der Waals surface area contributed by atoms with Gasteiger partial charge in [0.1, 0.15) is 46.6 Å². The quantitative estimate of drug-likeness (QED) is 0.0740. The standard InChI is InChI=1S/C48H50ClN7O6S.H2S/c1-29-21-44(52-28-41(29)36-23-35-24-39(58)25-42(35)51-27-36)50-13-14-59-15-16-60-17-18-61-19-20-62-40-11-5-33(6-12-40)22-38(57)26-43-47-55-54-32(4)56(47)48-45(30(2)31(3)63-48)46(53-43)34-7-9-37(49)10-8-34;/h5-12,21,23,27-28,43H,13-20,22,24-26H2,1-4H3,(H,50,52);1H2/t43-;/m0./s1. The molecule has 64 heavy (non-hydrogen) atoms. The zero-order valence-electron chi connectivity index (χ0n) is 36.4. The molecule has 1 atom stereocenters. The number of benzene rings is 2. The summed E-state index contributed by atoms with van der Waals surface area (Å²) in [5.74, 6) is 3.17. The van der Waals surface area contributed by atoms with Crippen molar-refractivity contribution in [3.63, 3.8) is 0 Å². The summed E-state index contributed by atoms with van der Waals surface area (Å²) in [6, 6.07) is 18.8. The molecule has 0 fully saturated rings. The Bertz CT molecular complexity index is 2630. The van der Waals surface area contributed by atoms with E-state index in [4.69, 9.17) is 35.5 Å². The van der Waals surface area contributed by atoms with Gasteiger partial charge >= 0.3 is 0 Å². The Morgan fingerprint density at radius 1 is 0.844 bits per heavy atom. The minimum atomic E-state index is -0.507. The van der Waals surface area contributed by atoms with E-state index in [-0.39, 0.29) is 37.9 Å². The number of Topliss-reactive ketones (excluding diaryl/α,β-unsaturated/α-hetero) is 2. The number of halogens is 1. The fourth-order valence-electron chi connectivity index (χ4n) is 7.78. The average Bonchev–Trinajstić information content (AvgIpc) is 3.91. The highest BCUT2D eigenvalue weighted by Crippen LogP contribution is 2.40. The van der Waals surface area contributed by atoms with E-state index in [0.717, 1.165) is 72.6 Å². The number of hydrogen-bond acceptors (Lipinski definition) is 13. The predicted molar refractivity (Wildman–Crippen MR) is 254 cm³/mol. The molecule has 334 valence electrons. The predicted octanol–water partition coefficient (Wildman–Crippen LogP) is 8.09. The van der Waals surface area contributed by atoms with Gasteiger partial charge in [0.2, 0.25) is 0 Å². The Morgan fingerprint density at radius 2 is 1.56 bits per heavy atom. The number of ether oxygens (including phenoxy) is 4. The third-order valence-electron chi connectivity index (χ3n) is 11.1. The molecule has 0 bridgehead atoms. The number of thiophene rings is 1. The Labute approximate surface area is 389 Å². The zero-order valence-corrected chi connectivity index (χ0v) is 39.0. The largest absolute Gasteiger partial charge is 0.491 e. The Balaban J connectivity index is 0.00000612. The SMILES string of the molecule is Cc1cc(NCCOCCOCCOCCOc2ccc(CC(=O)C[C@@H]3N=C(c4ccc(Cl)cc4)c4c(sc(C)c4C)-n4c(C)nnc43)cc2)ncc1-c1cnc2c(c1)CC(=O)C2.S. The van der Waals surface area contributed by atoms with Crippen molar-refractivity contribution < 1.29 is 28.5 Å². The second kappa shape index (κ2) is 21.6. The van der Waals surface area contributed by atoms with Crippen LogP contribution in [0.15, 0.2) is 78.0 Å². The van der Waals surface area contributed by atoms with E-state index in [1.807, 2.05) is 80.8 Å². The monoisotopic (exact) mass is 921 g/mol. The average molecular weight is 923 g/mol. The van der Waals surface area contributed by atoms with Gasteiger partial charge in [-0.05, 0) is 86.3 Å². The van der Waals surface area contributed by atoms with Crippen molar-refractivity contribution in [2.45, 2.75) is 59.4 Å². The van der Waals surface area contributed by atoms with Gasteiger partial charge in [0, 0.05) is 76.8 Å². The number of rotatable bonds is 20. The minimum Gasteiger partial charge on any atom is -0.491 e. The second-order valence-electron chi connectivity index (χ2n) is 15.7. The molecular weight excluding hydrogens is 870 g/mol. The van der Waals surface area contributed by atoms with Crippen LogP contribution in [0.2, 0.25) is 5.02 Å². The van der Waals surface area contributed by atoms with Crippen molar-refractivity contribution in [1.82, 2.24) is 24.7 Å². The highest BCUT2D eigenvalue weighted by Gasteiger charge is 2.32. The third kappa shape index (κ3) is 11.1. The van der Waals surface area contributed by atoms with Crippen molar-refractivity contribution in [3.05, 3.63) is 134 Å². The van der Waals surface area contributed by atoms with Gasteiger partial charge in [-0.2, -0.15) is 13.5 Å². The van der Waals surface area contributed by atoms with Crippen molar-refractivity contribution >= 4 is 59.5 Å². The molecule has 5 heterocycles. The summed E-state index contributed by atoms with van der Waals surface area (Å²) in [6.07, 6.45) is 5.00. The summed E-state index contributed by atoms with van der Waals surface area (Å²) >= 11 is 7.94. The number of ketones is 2. The summed E-state index contributed by atoms with van der Waals surface area (Å²) in [6.45, 7) is 12.0. The lowest BCUT2D eigenvalue weighted by Crippen LogP contribution is -2.15. The maximum Gasteiger partial charge on any atom is 0.163 e. The highest BCUT2D eigenvalue weighted by atomic mass is 35.5. The molecule has 0 amide bonds. The number of carbonyl (C=O) groups excluding carboxylic acids is 2. The van der Waals surface area contributed by atoms with E-state index < -0.39 is 6.04 Å². The highest BCUT2D eigenvalue weighted by molar-refractivity contribution is 7.59. The topological polar surface area (TPSA) is 152 Å². The lowest BCUT2D eigenvalue weighted by atomic mass is 9.99. The molecule has 16 heteroatoms. The normalized spacial score (nSPS) is 14.0. The molecular formula is C48H52ClN7O6S2. The number of hydrogen-bond donors (Lipinski definition) is 1. The van der Waals surface area contributed by atoms with E-state index in [1.54, 1.807) is 11.3 Å². The lowest BCUT2D eigenvalue weighted by molar-refractivity contribution is -0.119. The van der Waals surface area contributed by atoms with E-state index in [1.165, 1.54) is 4.88 Å². The molecule has 0 saturated heterocycles. The van der Waals surface area contributed by atoms with Crippen LogP contribution in [0.1, 0.15) is 68.1 Å². The molecule has 1 aliphatic heterocycles. The van der Waals surface area contributed by atoms with Crippen LogP contribution < -0.4 is 10.1 Å². The number of aromatic nitrogens is 5. The fraction of sp³-hybridized carbons (Fsp3) is 0.354. The molecule has 6 aromatic rings. The number of carbonyl (C=O) groups is 2. The van der Waals surface area contributed by atoms with Gasteiger partial charge in [0.05, 0.1) is 51.0 Å². The third-order valence-corrected chi connectivity index (χ3v) is 12.6. The molecule has 0 radical (unpaired) electrons. The smallest absolute Gasteiger partial charge is 0.163 e. The van der Waals surface area contributed by atoms with Gasteiger partial charge in [-0.15, -0.1) is 21.5 Å². The lowest BCUT2D eigenvalue weighted by Gasteiger charge is -2.13. The Hall–Kier alpha value is -5.29. The number of nitrogens with zero attached hydrogens (tertiary/aromatic N) is 6. The first-order chi connectivity index (χ1) is 30.6. The van der Waals surface area contributed by atoms with E-state index in [0.29, 0.717) is 82.2 Å². The van der Waals surface area contributed by atoms with Crippen LogP contribution in [-0.4, -0.2) is 94.8 Å². The minimum absolute atomic E-state index is 0. The summed E-state index contributed by atoms with van der Waals surface area (Å²) in [4.78, 5) is 40.9.